The van der Waals surface area contributed by atoms with Crippen molar-refractivity contribution in [3.8, 4) is 0 Å². The average Bonchev–Trinajstić information content (AvgIpc) is 2.65. The first-order valence-corrected chi connectivity index (χ1v) is 7.07. The molecular weight excluding hydrogens is 238 g/mol. The van der Waals surface area contributed by atoms with Crippen molar-refractivity contribution in [2.45, 2.75) is 45.2 Å². The van der Waals surface area contributed by atoms with Gasteiger partial charge in [0.05, 0.1) is 6.04 Å². The van der Waals surface area contributed by atoms with Crippen LogP contribution in [0.3, 0.4) is 0 Å². The van der Waals surface area contributed by atoms with E-state index in [2.05, 4.69) is 41.5 Å². The molecule has 0 saturated heterocycles. The van der Waals surface area contributed by atoms with Crippen molar-refractivity contribution in [1.82, 2.24) is 10.3 Å². The van der Waals surface area contributed by atoms with Crippen LogP contribution in [-0.4, -0.2) is 23.4 Å². The molecule has 0 aliphatic carbocycles. The lowest BCUT2D eigenvalue weighted by Gasteiger charge is -2.29. The van der Waals surface area contributed by atoms with E-state index in [1.807, 2.05) is 0 Å². The molecule has 104 valence electrons. The number of nitrogens with zero attached hydrogens (tertiary/aromatic N) is 1. The minimum absolute atomic E-state index is 0.0683. The standard InChI is InChI=1S/C15H23N3O/c1-2-6-14(15(19)17-16)18-10-5-9-12-7-3-4-8-13(12)11-18/h3-4,7-8,14H,2,5-6,9-11,16H2,1H3,(H,17,19). The van der Waals surface area contributed by atoms with E-state index >= 15 is 0 Å². The summed E-state index contributed by atoms with van der Waals surface area (Å²) in [6.07, 6.45) is 4.02. The predicted octanol–water partition coefficient (Wildman–Crippen LogP) is 1.59. The molecule has 0 radical (unpaired) electrons. The highest BCUT2D eigenvalue weighted by Gasteiger charge is 2.26. The van der Waals surface area contributed by atoms with Crippen LogP contribution in [0.1, 0.15) is 37.3 Å². The molecular formula is C15H23N3O. The Hall–Kier alpha value is -1.39. The van der Waals surface area contributed by atoms with Crippen LogP contribution in [0.5, 0.6) is 0 Å². The quantitative estimate of drug-likeness (QED) is 0.491. The van der Waals surface area contributed by atoms with Crippen LogP contribution in [-0.2, 0) is 17.8 Å². The zero-order chi connectivity index (χ0) is 13.7. The number of fused-ring (bicyclic) bond motifs is 1. The van der Waals surface area contributed by atoms with E-state index in [-0.39, 0.29) is 11.9 Å². The van der Waals surface area contributed by atoms with Gasteiger partial charge in [-0.1, -0.05) is 37.6 Å². The van der Waals surface area contributed by atoms with Gasteiger partial charge in [-0.15, -0.1) is 0 Å². The van der Waals surface area contributed by atoms with Crippen molar-refractivity contribution in [2.75, 3.05) is 6.54 Å². The van der Waals surface area contributed by atoms with Crippen LogP contribution in [0, 0.1) is 0 Å². The monoisotopic (exact) mass is 261 g/mol. The lowest BCUT2D eigenvalue weighted by molar-refractivity contribution is -0.127. The summed E-state index contributed by atoms with van der Waals surface area (Å²) in [6.45, 7) is 3.89. The summed E-state index contributed by atoms with van der Waals surface area (Å²) in [5, 5.41) is 0. The third-order valence-electron chi connectivity index (χ3n) is 3.83. The summed E-state index contributed by atoms with van der Waals surface area (Å²) in [5.74, 6) is 5.25. The molecule has 0 bridgehead atoms. The Morgan fingerprint density at radius 2 is 2.16 bits per heavy atom. The van der Waals surface area contributed by atoms with E-state index in [0.717, 1.165) is 38.8 Å². The molecule has 1 atom stereocenters. The Balaban J connectivity index is 2.17. The number of carbonyl (C=O) groups is 1. The molecule has 1 aliphatic heterocycles. The van der Waals surface area contributed by atoms with Gasteiger partial charge < -0.3 is 0 Å². The Bertz CT molecular complexity index is 433. The molecule has 4 nitrogen and oxygen atoms in total. The first-order valence-electron chi connectivity index (χ1n) is 7.07. The van der Waals surface area contributed by atoms with Gasteiger partial charge in [-0.05, 0) is 36.9 Å². The van der Waals surface area contributed by atoms with Crippen molar-refractivity contribution in [3.05, 3.63) is 35.4 Å². The number of rotatable bonds is 4. The third kappa shape index (κ3) is 3.33. The average molecular weight is 261 g/mol. The second-order valence-corrected chi connectivity index (χ2v) is 5.16. The number of aryl methyl sites for hydroxylation is 1. The van der Waals surface area contributed by atoms with Gasteiger partial charge in [0.15, 0.2) is 0 Å². The Morgan fingerprint density at radius 3 is 2.84 bits per heavy atom. The number of nitrogens with one attached hydrogen (secondary N) is 1. The zero-order valence-corrected chi connectivity index (χ0v) is 11.6. The molecule has 3 N–H and O–H groups in total. The van der Waals surface area contributed by atoms with Crippen LogP contribution in [0.15, 0.2) is 24.3 Å². The fourth-order valence-corrected chi connectivity index (χ4v) is 2.84. The summed E-state index contributed by atoms with van der Waals surface area (Å²) in [4.78, 5) is 14.2. The Kier molecular flexibility index (Phi) is 4.93. The van der Waals surface area contributed by atoms with Crippen LogP contribution < -0.4 is 11.3 Å². The topological polar surface area (TPSA) is 58.4 Å². The molecule has 0 spiro atoms. The van der Waals surface area contributed by atoms with Crippen LogP contribution >= 0.6 is 0 Å². The number of carbonyl (C=O) groups excluding carboxylic acids is 1. The maximum Gasteiger partial charge on any atom is 0.251 e. The van der Waals surface area contributed by atoms with Gasteiger partial charge in [0, 0.05) is 6.54 Å². The van der Waals surface area contributed by atoms with Gasteiger partial charge in [-0.3, -0.25) is 15.1 Å². The van der Waals surface area contributed by atoms with Gasteiger partial charge in [0.1, 0.15) is 0 Å². The van der Waals surface area contributed by atoms with Crippen molar-refractivity contribution in [3.63, 3.8) is 0 Å². The molecule has 0 saturated carbocycles. The second kappa shape index (κ2) is 6.68. The Morgan fingerprint density at radius 1 is 1.42 bits per heavy atom. The molecule has 0 aromatic heterocycles. The van der Waals surface area contributed by atoms with E-state index in [0.29, 0.717) is 0 Å². The summed E-state index contributed by atoms with van der Waals surface area (Å²) in [6, 6.07) is 8.40. The van der Waals surface area contributed by atoms with Crippen molar-refractivity contribution in [1.29, 1.82) is 0 Å². The van der Waals surface area contributed by atoms with Crippen molar-refractivity contribution in [2.24, 2.45) is 5.84 Å². The number of amides is 1. The van der Waals surface area contributed by atoms with E-state index in [4.69, 9.17) is 5.84 Å². The van der Waals surface area contributed by atoms with E-state index < -0.39 is 0 Å². The molecule has 1 amide bonds. The minimum atomic E-state index is -0.110. The van der Waals surface area contributed by atoms with E-state index in [1.165, 1.54) is 11.1 Å². The highest BCUT2D eigenvalue weighted by molar-refractivity contribution is 5.81. The minimum Gasteiger partial charge on any atom is -0.293 e. The smallest absolute Gasteiger partial charge is 0.251 e. The number of hydrogen-bond acceptors (Lipinski definition) is 3. The van der Waals surface area contributed by atoms with E-state index in [9.17, 15) is 4.79 Å². The maximum atomic E-state index is 11.9. The van der Waals surface area contributed by atoms with Crippen molar-refractivity contribution >= 4 is 5.91 Å². The van der Waals surface area contributed by atoms with Crippen LogP contribution in [0.2, 0.25) is 0 Å². The predicted molar refractivity (Wildman–Crippen MR) is 76.2 cm³/mol. The molecule has 2 rings (SSSR count). The SMILES string of the molecule is CCCC(C(=O)NN)N1CCCc2ccccc2C1. The van der Waals surface area contributed by atoms with Gasteiger partial charge in [0.25, 0.3) is 5.91 Å². The normalized spacial score (nSPS) is 17.4. The number of hydrazine groups is 1. The molecule has 4 heteroatoms. The number of hydrogen-bond donors (Lipinski definition) is 2. The lowest BCUT2D eigenvalue weighted by atomic mass is 10.0. The largest absolute Gasteiger partial charge is 0.293 e. The van der Waals surface area contributed by atoms with Crippen LogP contribution in [0.4, 0.5) is 0 Å². The highest BCUT2D eigenvalue weighted by atomic mass is 16.2. The zero-order valence-electron chi connectivity index (χ0n) is 11.6. The third-order valence-corrected chi connectivity index (χ3v) is 3.83. The van der Waals surface area contributed by atoms with Gasteiger partial charge >= 0.3 is 0 Å². The molecule has 0 fully saturated rings. The summed E-state index contributed by atoms with van der Waals surface area (Å²) < 4.78 is 0. The summed E-state index contributed by atoms with van der Waals surface area (Å²) in [5.41, 5.74) is 5.06. The maximum absolute atomic E-state index is 11.9. The fraction of sp³-hybridized carbons (Fsp3) is 0.533. The first-order chi connectivity index (χ1) is 9.26. The van der Waals surface area contributed by atoms with Gasteiger partial charge in [0.2, 0.25) is 0 Å². The summed E-state index contributed by atoms with van der Waals surface area (Å²) in [7, 11) is 0. The van der Waals surface area contributed by atoms with Gasteiger partial charge in [-0.2, -0.15) is 0 Å². The molecule has 1 unspecified atom stereocenters. The molecule has 1 aliphatic rings. The van der Waals surface area contributed by atoms with Gasteiger partial charge in [-0.25, -0.2) is 5.84 Å². The first kappa shape index (κ1) is 14.0. The lowest BCUT2D eigenvalue weighted by Crippen LogP contribution is -2.48. The molecule has 1 aromatic carbocycles. The molecule has 19 heavy (non-hydrogen) atoms. The molecule has 1 aromatic rings. The summed E-state index contributed by atoms with van der Waals surface area (Å²) >= 11 is 0. The van der Waals surface area contributed by atoms with E-state index in [1.54, 1.807) is 0 Å². The number of benzene rings is 1. The van der Waals surface area contributed by atoms with Crippen LogP contribution in [0.25, 0.3) is 0 Å². The fourth-order valence-electron chi connectivity index (χ4n) is 2.84. The second-order valence-electron chi connectivity index (χ2n) is 5.16. The van der Waals surface area contributed by atoms with Crippen molar-refractivity contribution < 1.29 is 4.79 Å². The Labute approximate surface area is 114 Å². The highest BCUT2D eigenvalue weighted by Crippen LogP contribution is 2.21. The molecule has 1 heterocycles. The number of nitrogens with two attached hydrogens (primary N) is 1.